The van der Waals surface area contributed by atoms with Crippen molar-refractivity contribution in [2.75, 3.05) is 44.2 Å². The molecule has 2 aliphatic rings. The summed E-state index contributed by atoms with van der Waals surface area (Å²) in [7, 11) is 0. The van der Waals surface area contributed by atoms with Crippen LogP contribution in [-0.4, -0.2) is 78.9 Å². The van der Waals surface area contributed by atoms with Crippen LogP contribution in [0.2, 0.25) is 0 Å². The number of carbonyl (C=O) groups excluding carboxylic acids is 1. The molecular weight excluding hydrogens is 450 g/mol. The van der Waals surface area contributed by atoms with Gasteiger partial charge < -0.3 is 15.5 Å². The molecule has 0 radical (unpaired) electrons. The molecule has 194 valence electrons. The molecule has 2 aromatic rings. The summed E-state index contributed by atoms with van der Waals surface area (Å²) < 4.78 is 5.83. The van der Waals surface area contributed by atoms with Crippen LogP contribution in [0.15, 0.2) is 59.7 Å². The highest BCUT2D eigenvalue weighted by Gasteiger charge is 2.35. The summed E-state index contributed by atoms with van der Waals surface area (Å²) in [4.78, 5) is 20.6. The highest BCUT2D eigenvalue weighted by Crippen LogP contribution is 2.24. The molecule has 2 aliphatic heterocycles. The quantitative estimate of drug-likeness (QED) is 0.277. The van der Waals surface area contributed by atoms with E-state index in [1.54, 1.807) is 6.21 Å². The Kier molecular flexibility index (Phi) is 8.64. The fourth-order valence-electron chi connectivity index (χ4n) is 5.33. The molecule has 0 amide bonds. The van der Waals surface area contributed by atoms with E-state index in [-0.39, 0.29) is 12.0 Å². The average molecular weight is 492 g/mol. The zero-order chi connectivity index (χ0) is 25.5. The van der Waals surface area contributed by atoms with Gasteiger partial charge in [-0.25, -0.2) is 0 Å². The van der Waals surface area contributed by atoms with E-state index in [2.05, 4.69) is 56.2 Å². The third-order valence-electron chi connectivity index (χ3n) is 7.20. The third-order valence-corrected chi connectivity index (χ3v) is 7.20. The normalized spacial score (nSPS) is 19.5. The fraction of sp³-hybridized carbons (Fsp3) is 0.517. The van der Waals surface area contributed by atoms with Gasteiger partial charge in [-0.15, -0.1) is 0 Å². The first-order valence-electron chi connectivity index (χ1n) is 13.2. The maximum absolute atomic E-state index is 13.2. The lowest BCUT2D eigenvalue weighted by Gasteiger charge is -2.44. The number of rotatable bonds is 7. The van der Waals surface area contributed by atoms with Gasteiger partial charge in [-0.05, 0) is 63.3 Å². The van der Waals surface area contributed by atoms with E-state index in [0.29, 0.717) is 12.5 Å². The molecule has 36 heavy (non-hydrogen) atoms. The smallest absolute Gasteiger partial charge is 0.324 e. The number of likely N-dealkylation sites (tertiary alicyclic amines) is 1. The highest BCUT2D eigenvalue weighted by molar-refractivity contribution is 5.80. The monoisotopic (exact) mass is 491 g/mol. The summed E-state index contributed by atoms with van der Waals surface area (Å²) >= 11 is 0. The van der Waals surface area contributed by atoms with Crippen LogP contribution in [0, 0.1) is 0 Å². The lowest BCUT2D eigenvalue weighted by molar-refractivity contribution is -0.162. The molecule has 1 unspecified atom stereocenters. The third kappa shape index (κ3) is 7.08. The predicted octanol–water partition coefficient (Wildman–Crippen LogP) is 3.52. The van der Waals surface area contributed by atoms with Crippen molar-refractivity contribution >= 4 is 17.9 Å². The standard InChI is InChI=1S/C29H41N5O2/c1-29(2,3)36-28(35)27(21-23-7-5-4-6-8-23)34-15-13-26(14-16-34)33-19-17-32(18-20-33)25-11-9-24(10-12-25)22-31-30/h4-12,22,26-27H,13-21,30H2,1-3H3. The predicted molar refractivity (Wildman–Crippen MR) is 146 cm³/mol. The summed E-state index contributed by atoms with van der Waals surface area (Å²) in [5.74, 6) is 5.14. The molecule has 0 bridgehead atoms. The van der Waals surface area contributed by atoms with Gasteiger partial charge in [0.05, 0.1) is 6.21 Å². The van der Waals surface area contributed by atoms with E-state index < -0.39 is 5.60 Å². The summed E-state index contributed by atoms with van der Waals surface area (Å²) in [5.41, 5.74) is 2.96. The van der Waals surface area contributed by atoms with Crippen LogP contribution in [0.3, 0.4) is 0 Å². The minimum atomic E-state index is -0.484. The molecule has 1 atom stereocenters. The number of nitrogens with two attached hydrogens (primary N) is 1. The topological polar surface area (TPSA) is 74.4 Å². The van der Waals surface area contributed by atoms with E-state index in [9.17, 15) is 4.79 Å². The molecule has 7 heteroatoms. The van der Waals surface area contributed by atoms with Crippen LogP contribution in [0.5, 0.6) is 0 Å². The van der Waals surface area contributed by atoms with Crippen molar-refractivity contribution in [2.45, 2.75) is 57.7 Å². The highest BCUT2D eigenvalue weighted by atomic mass is 16.6. The van der Waals surface area contributed by atoms with Gasteiger partial charge in [0.1, 0.15) is 11.6 Å². The van der Waals surface area contributed by atoms with Crippen LogP contribution < -0.4 is 10.7 Å². The Morgan fingerprint density at radius 2 is 1.64 bits per heavy atom. The fourth-order valence-corrected chi connectivity index (χ4v) is 5.33. The van der Waals surface area contributed by atoms with Crippen molar-refractivity contribution in [3.8, 4) is 0 Å². The van der Waals surface area contributed by atoms with Crippen molar-refractivity contribution in [2.24, 2.45) is 10.9 Å². The van der Waals surface area contributed by atoms with Crippen molar-refractivity contribution in [3.63, 3.8) is 0 Å². The molecule has 0 aromatic heterocycles. The molecule has 4 rings (SSSR count). The second-order valence-electron chi connectivity index (χ2n) is 10.9. The lowest BCUT2D eigenvalue weighted by atomic mass is 9.97. The van der Waals surface area contributed by atoms with E-state index in [1.807, 2.05) is 39.0 Å². The zero-order valence-corrected chi connectivity index (χ0v) is 22.0. The first-order valence-corrected chi connectivity index (χ1v) is 13.2. The first-order chi connectivity index (χ1) is 17.3. The first kappa shape index (κ1) is 26.2. The Hall–Kier alpha value is -2.90. The van der Waals surface area contributed by atoms with Crippen LogP contribution in [0.25, 0.3) is 0 Å². The molecule has 0 aliphatic carbocycles. The van der Waals surface area contributed by atoms with Gasteiger partial charge in [0, 0.05) is 51.0 Å². The van der Waals surface area contributed by atoms with E-state index in [1.165, 1.54) is 11.3 Å². The van der Waals surface area contributed by atoms with E-state index in [0.717, 1.165) is 57.7 Å². The molecule has 2 heterocycles. The summed E-state index contributed by atoms with van der Waals surface area (Å²) in [5, 5.41) is 3.60. The molecule has 2 aromatic carbocycles. The number of nitrogens with zero attached hydrogens (tertiary/aromatic N) is 4. The Morgan fingerprint density at radius 3 is 2.22 bits per heavy atom. The number of piperazine rings is 1. The van der Waals surface area contributed by atoms with E-state index in [4.69, 9.17) is 10.6 Å². The zero-order valence-electron chi connectivity index (χ0n) is 22.0. The van der Waals surface area contributed by atoms with Crippen LogP contribution in [0.1, 0.15) is 44.7 Å². The Balaban J connectivity index is 1.31. The number of anilines is 1. The van der Waals surface area contributed by atoms with Crippen molar-refractivity contribution < 1.29 is 9.53 Å². The molecule has 0 saturated carbocycles. The Labute approximate surface area is 215 Å². The molecular formula is C29H41N5O2. The number of ether oxygens (including phenoxy) is 1. The number of esters is 1. The largest absolute Gasteiger partial charge is 0.459 e. The van der Waals surface area contributed by atoms with Gasteiger partial charge >= 0.3 is 5.97 Å². The number of hydrazone groups is 1. The molecule has 2 N–H and O–H groups in total. The second-order valence-corrected chi connectivity index (χ2v) is 10.9. The maximum atomic E-state index is 13.2. The van der Waals surface area contributed by atoms with Gasteiger partial charge in [0.15, 0.2) is 0 Å². The number of carbonyl (C=O) groups is 1. The molecule has 2 fully saturated rings. The number of hydrogen-bond acceptors (Lipinski definition) is 7. The Bertz CT molecular complexity index is 987. The summed E-state index contributed by atoms with van der Waals surface area (Å²) in [6.07, 6.45) is 4.53. The molecule has 7 nitrogen and oxygen atoms in total. The molecule has 2 saturated heterocycles. The van der Waals surface area contributed by atoms with Crippen molar-refractivity contribution in [1.82, 2.24) is 9.80 Å². The maximum Gasteiger partial charge on any atom is 0.324 e. The minimum absolute atomic E-state index is 0.109. The van der Waals surface area contributed by atoms with Gasteiger partial charge in [0.2, 0.25) is 0 Å². The van der Waals surface area contributed by atoms with Crippen molar-refractivity contribution in [3.05, 3.63) is 65.7 Å². The van der Waals surface area contributed by atoms with Gasteiger partial charge in [-0.1, -0.05) is 42.5 Å². The SMILES string of the molecule is CC(C)(C)OC(=O)C(Cc1ccccc1)N1CCC(N2CCN(c3ccc(C=NN)cc3)CC2)CC1. The lowest BCUT2D eigenvalue weighted by Crippen LogP contribution is -2.55. The van der Waals surface area contributed by atoms with Gasteiger partial charge in [-0.2, -0.15) is 5.10 Å². The minimum Gasteiger partial charge on any atom is -0.459 e. The number of piperidine rings is 1. The van der Waals surface area contributed by atoms with Gasteiger partial charge in [0.25, 0.3) is 0 Å². The van der Waals surface area contributed by atoms with Crippen LogP contribution >= 0.6 is 0 Å². The number of hydrogen-bond donors (Lipinski definition) is 1. The summed E-state index contributed by atoms with van der Waals surface area (Å²) in [6, 6.07) is 19.0. The van der Waals surface area contributed by atoms with E-state index >= 15 is 0 Å². The molecule has 0 spiro atoms. The van der Waals surface area contributed by atoms with Crippen LogP contribution in [0.4, 0.5) is 5.69 Å². The Morgan fingerprint density at radius 1 is 1.00 bits per heavy atom. The van der Waals surface area contributed by atoms with Gasteiger partial charge in [-0.3, -0.25) is 14.6 Å². The number of benzene rings is 2. The average Bonchev–Trinajstić information content (AvgIpc) is 2.88. The van der Waals surface area contributed by atoms with Crippen molar-refractivity contribution in [1.29, 1.82) is 0 Å². The van der Waals surface area contributed by atoms with Crippen LogP contribution in [-0.2, 0) is 16.0 Å². The second kappa shape index (κ2) is 11.9. The summed E-state index contributed by atoms with van der Waals surface area (Å²) in [6.45, 7) is 11.9.